The van der Waals surface area contributed by atoms with Crippen LogP contribution in [-0.2, 0) is 0 Å². The first-order chi connectivity index (χ1) is 9.38. The number of hydrogen-bond donors (Lipinski definition) is 0. The molecule has 0 bridgehead atoms. The molecule has 0 fully saturated rings. The van der Waals surface area contributed by atoms with E-state index in [2.05, 4.69) is 77.9 Å². The molecule has 0 atom stereocenters. The van der Waals surface area contributed by atoms with Crippen LogP contribution >= 0.6 is 0 Å². The van der Waals surface area contributed by atoms with Crippen molar-refractivity contribution in [1.29, 1.82) is 0 Å². The average Bonchev–Trinajstić information content (AvgIpc) is 2.36. The molecule has 0 unspecified atom stereocenters. The van der Waals surface area contributed by atoms with E-state index in [9.17, 15) is 0 Å². The Hall–Kier alpha value is -1.56. The maximum Gasteiger partial charge on any atom is -0.0179 e. The molecule has 20 heavy (non-hydrogen) atoms. The van der Waals surface area contributed by atoms with E-state index in [4.69, 9.17) is 0 Å². The van der Waals surface area contributed by atoms with Gasteiger partial charge < -0.3 is 0 Å². The minimum Gasteiger partial charge on any atom is -0.0587 e. The zero-order chi connectivity index (χ0) is 14.9. The Labute approximate surface area is 123 Å². The SMILES string of the molecule is Cc1cc(C)cc(-c2ccc(C(C)C)c(C(C)C)c2)c1. The van der Waals surface area contributed by atoms with Crippen LogP contribution in [0.1, 0.15) is 61.8 Å². The molecule has 0 spiro atoms. The first-order valence-corrected chi connectivity index (χ1v) is 7.61. The standard InChI is InChI=1S/C20H26/c1-13(2)19-8-7-17(12-20(19)14(3)4)18-10-15(5)9-16(6)11-18/h7-14H,1-6H3. The Balaban J connectivity index is 2.55. The van der Waals surface area contributed by atoms with Gasteiger partial charge in [-0.2, -0.15) is 0 Å². The molecule has 0 nitrogen and oxygen atoms in total. The molecule has 0 saturated carbocycles. The van der Waals surface area contributed by atoms with Gasteiger partial charge in [-0.15, -0.1) is 0 Å². The number of hydrogen-bond acceptors (Lipinski definition) is 0. The molecule has 0 aliphatic heterocycles. The van der Waals surface area contributed by atoms with E-state index in [1.807, 2.05) is 0 Å². The predicted octanol–water partition coefficient (Wildman–Crippen LogP) is 6.22. The van der Waals surface area contributed by atoms with Crippen LogP contribution in [-0.4, -0.2) is 0 Å². The van der Waals surface area contributed by atoms with Crippen molar-refractivity contribution in [2.75, 3.05) is 0 Å². The summed E-state index contributed by atoms with van der Waals surface area (Å²) in [6, 6.07) is 13.8. The first-order valence-electron chi connectivity index (χ1n) is 7.61. The smallest absolute Gasteiger partial charge is 0.0179 e. The minimum atomic E-state index is 0.568. The molecule has 0 amide bonds. The third-order valence-corrected chi connectivity index (χ3v) is 3.89. The van der Waals surface area contributed by atoms with E-state index in [0.717, 1.165) is 0 Å². The summed E-state index contributed by atoms with van der Waals surface area (Å²) in [7, 11) is 0. The summed E-state index contributed by atoms with van der Waals surface area (Å²) < 4.78 is 0. The van der Waals surface area contributed by atoms with E-state index in [1.165, 1.54) is 33.4 Å². The summed E-state index contributed by atoms with van der Waals surface area (Å²) >= 11 is 0. The molecule has 0 saturated heterocycles. The van der Waals surface area contributed by atoms with Gasteiger partial charge in [0.2, 0.25) is 0 Å². The molecule has 2 aromatic rings. The fourth-order valence-electron chi connectivity index (χ4n) is 2.92. The summed E-state index contributed by atoms with van der Waals surface area (Å²) in [6.45, 7) is 13.5. The lowest BCUT2D eigenvalue weighted by atomic mass is 9.87. The second-order valence-electron chi connectivity index (χ2n) is 6.53. The Bertz CT molecular complexity index is 583. The normalized spacial score (nSPS) is 11.4. The highest BCUT2D eigenvalue weighted by molar-refractivity contribution is 5.67. The molecule has 106 valence electrons. The lowest BCUT2D eigenvalue weighted by Gasteiger charge is -2.18. The van der Waals surface area contributed by atoms with E-state index in [1.54, 1.807) is 0 Å². The van der Waals surface area contributed by atoms with Crippen LogP contribution in [0.15, 0.2) is 36.4 Å². The van der Waals surface area contributed by atoms with E-state index >= 15 is 0 Å². The van der Waals surface area contributed by atoms with Crippen LogP contribution in [0, 0.1) is 13.8 Å². The summed E-state index contributed by atoms with van der Waals surface area (Å²) in [5.41, 5.74) is 8.30. The van der Waals surface area contributed by atoms with Crippen molar-refractivity contribution in [1.82, 2.24) is 0 Å². The minimum absolute atomic E-state index is 0.568. The number of rotatable bonds is 3. The molecule has 2 aromatic carbocycles. The number of aryl methyl sites for hydroxylation is 2. The average molecular weight is 266 g/mol. The Morgan fingerprint density at radius 3 is 1.65 bits per heavy atom. The molecule has 0 aliphatic carbocycles. The van der Waals surface area contributed by atoms with Crippen LogP contribution in [0.3, 0.4) is 0 Å². The van der Waals surface area contributed by atoms with Gasteiger partial charge in [0.15, 0.2) is 0 Å². The highest BCUT2D eigenvalue weighted by Gasteiger charge is 2.11. The maximum absolute atomic E-state index is 2.38. The van der Waals surface area contributed by atoms with Crippen molar-refractivity contribution in [2.24, 2.45) is 0 Å². The van der Waals surface area contributed by atoms with Gasteiger partial charge >= 0.3 is 0 Å². The summed E-state index contributed by atoms with van der Waals surface area (Å²) in [5, 5.41) is 0. The second kappa shape index (κ2) is 5.83. The maximum atomic E-state index is 2.38. The van der Waals surface area contributed by atoms with Gasteiger partial charge in [0.05, 0.1) is 0 Å². The third kappa shape index (κ3) is 3.12. The Kier molecular flexibility index (Phi) is 4.32. The van der Waals surface area contributed by atoms with Crippen molar-refractivity contribution >= 4 is 0 Å². The molecule has 0 radical (unpaired) electrons. The molecular formula is C20H26. The fourth-order valence-corrected chi connectivity index (χ4v) is 2.92. The van der Waals surface area contributed by atoms with Crippen LogP contribution in [0.2, 0.25) is 0 Å². The van der Waals surface area contributed by atoms with Gasteiger partial charge in [0, 0.05) is 0 Å². The van der Waals surface area contributed by atoms with E-state index in [-0.39, 0.29) is 0 Å². The molecule has 2 rings (SSSR count). The van der Waals surface area contributed by atoms with Crippen LogP contribution in [0.4, 0.5) is 0 Å². The molecule has 0 heteroatoms. The summed E-state index contributed by atoms with van der Waals surface area (Å²) in [6.07, 6.45) is 0. The lowest BCUT2D eigenvalue weighted by molar-refractivity contribution is 0.791. The van der Waals surface area contributed by atoms with Gasteiger partial charge in [0.1, 0.15) is 0 Å². The third-order valence-electron chi connectivity index (χ3n) is 3.89. The van der Waals surface area contributed by atoms with E-state index in [0.29, 0.717) is 11.8 Å². The summed E-state index contributed by atoms with van der Waals surface area (Å²) in [5.74, 6) is 1.15. The van der Waals surface area contributed by atoms with Crippen molar-refractivity contribution in [3.8, 4) is 11.1 Å². The predicted molar refractivity (Wildman–Crippen MR) is 89.5 cm³/mol. The second-order valence-corrected chi connectivity index (χ2v) is 6.53. The highest BCUT2D eigenvalue weighted by atomic mass is 14.2. The Morgan fingerprint density at radius 1 is 0.600 bits per heavy atom. The van der Waals surface area contributed by atoms with Gasteiger partial charge in [-0.05, 0) is 47.9 Å². The Morgan fingerprint density at radius 2 is 1.15 bits per heavy atom. The molecule has 0 N–H and O–H groups in total. The number of benzene rings is 2. The van der Waals surface area contributed by atoms with Gasteiger partial charge in [-0.25, -0.2) is 0 Å². The lowest BCUT2D eigenvalue weighted by Crippen LogP contribution is -1.99. The topological polar surface area (TPSA) is 0 Å². The monoisotopic (exact) mass is 266 g/mol. The molecule has 0 heterocycles. The fraction of sp³-hybridized carbons (Fsp3) is 0.400. The largest absolute Gasteiger partial charge is 0.0587 e. The van der Waals surface area contributed by atoms with Gasteiger partial charge in [-0.3, -0.25) is 0 Å². The van der Waals surface area contributed by atoms with Gasteiger partial charge in [-0.1, -0.05) is 75.2 Å². The van der Waals surface area contributed by atoms with Crippen LogP contribution < -0.4 is 0 Å². The quantitative estimate of drug-likeness (QED) is 0.619. The van der Waals surface area contributed by atoms with Crippen molar-refractivity contribution in [3.05, 3.63) is 58.7 Å². The zero-order valence-electron chi connectivity index (χ0n) is 13.6. The van der Waals surface area contributed by atoms with Crippen LogP contribution in [0.25, 0.3) is 11.1 Å². The molecule has 0 aromatic heterocycles. The van der Waals surface area contributed by atoms with Crippen LogP contribution in [0.5, 0.6) is 0 Å². The molecule has 0 aliphatic rings. The first kappa shape index (κ1) is 14.8. The molecular weight excluding hydrogens is 240 g/mol. The van der Waals surface area contributed by atoms with Gasteiger partial charge in [0.25, 0.3) is 0 Å². The highest BCUT2D eigenvalue weighted by Crippen LogP contribution is 2.31. The van der Waals surface area contributed by atoms with Crippen molar-refractivity contribution < 1.29 is 0 Å². The zero-order valence-corrected chi connectivity index (χ0v) is 13.6. The van der Waals surface area contributed by atoms with Crippen molar-refractivity contribution in [2.45, 2.75) is 53.4 Å². The van der Waals surface area contributed by atoms with Crippen molar-refractivity contribution in [3.63, 3.8) is 0 Å². The summed E-state index contributed by atoms with van der Waals surface area (Å²) in [4.78, 5) is 0. The van der Waals surface area contributed by atoms with E-state index < -0.39 is 0 Å².